The van der Waals surface area contributed by atoms with Gasteiger partial charge in [-0.15, -0.1) is 5.10 Å². The molecule has 0 aromatic heterocycles. The SMILES string of the molecule is COc1ccc(CN2CCS/C2=N\NC(=O)C(=O)C(NC(=O)C2CCCCC2)C2CCOCC2)cc1. The molecule has 2 aliphatic heterocycles. The van der Waals surface area contributed by atoms with Gasteiger partial charge in [0.15, 0.2) is 5.17 Å². The van der Waals surface area contributed by atoms with Crippen molar-refractivity contribution in [3.8, 4) is 5.75 Å². The number of rotatable bonds is 9. The van der Waals surface area contributed by atoms with Gasteiger partial charge in [-0.1, -0.05) is 43.2 Å². The molecule has 3 fully saturated rings. The lowest BCUT2D eigenvalue weighted by Crippen LogP contribution is -2.53. The Morgan fingerprint density at radius 3 is 2.53 bits per heavy atom. The smallest absolute Gasteiger partial charge is 0.309 e. The van der Waals surface area contributed by atoms with Crippen LogP contribution in [0, 0.1) is 11.8 Å². The third-order valence-corrected chi connectivity index (χ3v) is 8.16. The minimum absolute atomic E-state index is 0.0846. The average Bonchev–Trinajstić information content (AvgIpc) is 3.38. The number of nitrogens with one attached hydrogen (secondary N) is 2. The fraction of sp³-hybridized carbons (Fsp3) is 0.615. The molecule has 1 unspecified atom stereocenters. The maximum atomic E-state index is 13.2. The van der Waals surface area contributed by atoms with Crippen molar-refractivity contribution < 1.29 is 23.9 Å². The van der Waals surface area contributed by atoms with Gasteiger partial charge in [0.05, 0.1) is 7.11 Å². The van der Waals surface area contributed by atoms with Gasteiger partial charge in [-0.05, 0) is 49.3 Å². The number of Topliss-reactive ketones (excluding diaryl/α,β-unsaturated/α-hetero) is 1. The molecule has 0 bridgehead atoms. The number of methoxy groups -OCH3 is 1. The molecule has 3 aliphatic rings. The Bertz CT molecular complexity index is 942. The number of carbonyl (C=O) groups is 3. The number of ether oxygens (including phenoxy) is 2. The van der Waals surface area contributed by atoms with E-state index in [-0.39, 0.29) is 17.7 Å². The Labute approximate surface area is 216 Å². The summed E-state index contributed by atoms with van der Waals surface area (Å²) in [6.45, 7) is 2.48. The molecule has 9 nitrogen and oxygen atoms in total. The van der Waals surface area contributed by atoms with Crippen molar-refractivity contribution in [2.24, 2.45) is 16.9 Å². The summed E-state index contributed by atoms with van der Waals surface area (Å²) in [6.07, 6.45) is 6.13. The van der Waals surface area contributed by atoms with Gasteiger partial charge in [0, 0.05) is 38.0 Å². The highest BCUT2D eigenvalue weighted by Gasteiger charge is 2.36. The number of amides is 2. The second-order valence-corrected chi connectivity index (χ2v) is 10.7. The molecule has 0 spiro atoms. The molecule has 2 heterocycles. The molecule has 1 saturated carbocycles. The lowest BCUT2D eigenvalue weighted by Gasteiger charge is -2.31. The molecule has 1 aromatic carbocycles. The van der Waals surface area contributed by atoms with E-state index in [0.717, 1.165) is 55.7 Å². The predicted molar refractivity (Wildman–Crippen MR) is 138 cm³/mol. The number of hydrogen-bond donors (Lipinski definition) is 2. The van der Waals surface area contributed by atoms with Crippen molar-refractivity contribution in [1.82, 2.24) is 15.6 Å². The van der Waals surface area contributed by atoms with Crippen LogP contribution in [0.1, 0.15) is 50.5 Å². The van der Waals surface area contributed by atoms with E-state index in [2.05, 4.69) is 20.7 Å². The van der Waals surface area contributed by atoms with E-state index >= 15 is 0 Å². The van der Waals surface area contributed by atoms with Crippen LogP contribution in [-0.2, 0) is 25.7 Å². The fourth-order valence-corrected chi connectivity index (χ4v) is 5.96. The van der Waals surface area contributed by atoms with Crippen molar-refractivity contribution in [2.75, 3.05) is 32.6 Å². The first-order chi connectivity index (χ1) is 17.5. The van der Waals surface area contributed by atoms with E-state index in [4.69, 9.17) is 9.47 Å². The fourth-order valence-electron chi connectivity index (χ4n) is 5.01. The van der Waals surface area contributed by atoms with Crippen LogP contribution in [0.5, 0.6) is 5.75 Å². The van der Waals surface area contributed by atoms with Crippen molar-refractivity contribution >= 4 is 34.5 Å². The largest absolute Gasteiger partial charge is 0.497 e. The molecule has 1 aliphatic carbocycles. The number of amidine groups is 1. The van der Waals surface area contributed by atoms with Crippen molar-refractivity contribution in [1.29, 1.82) is 0 Å². The van der Waals surface area contributed by atoms with E-state index in [1.807, 2.05) is 24.3 Å². The van der Waals surface area contributed by atoms with E-state index in [0.29, 0.717) is 37.8 Å². The summed E-state index contributed by atoms with van der Waals surface area (Å²) in [5.74, 6) is -0.108. The zero-order chi connectivity index (χ0) is 25.3. The highest BCUT2D eigenvalue weighted by atomic mass is 32.2. The summed E-state index contributed by atoms with van der Waals surface area (Å²) >= 11 is 1.54. The minimum Gasteiger partial charge on any atom is -0.497 e. The quantitative estimate of drug-likeness (QED) is 0.384. The maximum absolute atomic E-state index is 13.2. The summed E-state index contributed by atoms with van der Waals surface area (Å²) in [5.41, 5.74) is 3.56. The first-order valence-corrected chi connectivity index (χ1v) is 13.8. The number of carbonyl (C=O) groups excluding carboxylic acids is 3. The summed E-state index contributed by atoms with van der Waals surface area (Å²) in [4.78, 5) is 41.1. The van der Waals surface area contributed by atoms with E-state index in [1.54, 1.807) is 7.11 Å². The Balaban J connectivity index is 1.38. The molecule has 2 amide bonds. The van der Waals surface area contributed by atoms with Crippen LogP contribution in [-0.4, -0.2) is 66.3 Å². The number of thioether (sulfide) groups is 1. The van der Waals surface area contributed by atoms with Gasteiger partial charge in [0.2, 0.25) is 11.7 Å². The lowest BCUT2D eigenvalue weighted by molar-refractivity contribution is -0.142. The van der Waals surface area contributed by atoms with Crippen LogP contribution in [0.15, 0.2) is 29.4 Å². The Morgan fingerprint density at radius 1 is 1.11 bits per heavy atom. The summed E-state index contributed by atoms with van der Waals surface area (Å²) in [7, 11) is 1.63. The van der Waals surface area contributed by atoms with E-state index in [9.17, 15) is 14.4 Å². The van der Waals surface area contributed by atoms with Crippen LogP contribution >= 0.6 is 11.8 Å². The van der Waals surface area contributed by atoms with E-state index in [1.165, 1.54) is 11.8 Å². The number of hydrazone groups is 1. The first kappa shape index (κ1) is 26.5. The summed E-state index contributed by atoms with van der Waals surface area (Å²) in [5, 5.41) is 7.88. The molecule has 4 rings (SSSR count). The molecule has 0 radical (unpaired) electrons. The van der Waals surface area contributed by atoms with Gasteiger partial charge in [0.1, 0.15) is 11.8 Å². The average molecular weight is 517 g/mol. The molecule has 196 valence electrons. The molecular weight excluding hydrogens is 480 g/mol. The Kier molecular flexibility index (Phi) is 9.63. The normalized spacial score (nSPS) is 21.2. The van der Waals surface area contributed by atoms with Crippen LogP contribution < -0.4 is 15.5 Å². The predicted octanol–water partition coefficient (Wildman–Crippen LogP) is 2.69. The topological polar surface area (TPSA) is 109 Å². The standard InChI is InChI=1S/C26H36N4O5S/c1-34-21-9-7-18(8-10-21)17-30-13-16-36-26(30)29-28-25(33)23(31)22(19-11-14-35-15-12-19)27-24(32)20-5-3-2-4-6-20/h7-10,19-20,22H,2-6,11-17H2,1H3,(H,27,32)(H,28,33)/b29-26-. The van der Waals surface area contributed by atoms with Gasteiger partial charge >= 0.3 is 5.91 Å². The van der Waals surface area contributed by atoms with Gasteiger partial charge in [0.25, 0.3) is 0 Å². The van der Waals surface area contributed by atoms with Gasteiger partial charge in [-0.2, -0.15) is 0 Å². The van der Waals surface area contributed by atoms with Gasteiger partial charge < -0.3 is 19.7 Å². The third-order valence-electron chi connectivity index (χ3n) is 7.17. The second-order valence-electron chi connectivity index (χ2n) is 9.59. The highest BCUT2D eigenvalue weighted by molar-refractivity contribution is 8.14. The van der Waals surface area contributed by atoms with Crippen LogP contribution in [0.2, 0.25) is 0 Å². The van der Waals surface area contributed by atoms with Crippen LogP contribution in [0.4, 0.5) is 0 Å². The molecule has 2 saturated heterocycles. The molecular formula is C26H36N4O5S. The first-order valence-electron chi connectivity index (χ1n) is 12.9. The Morgan fingerprint density at radius 2 is 1.83 bits per heavy atom. The van der Waals surface area contributed by atoms with Crippen LogP contribution in [0.3, 0.4) is 0 Å². The monoisotopic (exact) mass is 516 g/mol. The third kappa shape index (κ3) is 7.00. The number of nitrogens with zero attached hydrogens (tertiary/aromatic N) is 2. The molecule has 1 aromatic rings. The summed E-state index contributed by atoms with van der Waals surface area (Å²) in [6, 6.07) is 6.96. The highest BCUT2D eigenvalue weighted by Crippen LogP contribution is 2.26. The number of benzene rings is 1. The van der Waals surface area contributed by atoms with Crippen molar-refractivity contribution in [3.63, 3.8) is 0 Å². The maximum Gasteiger partial charge on any atom is 0.309 e. The van der Waals surface area contributed by atoms with Crippen molar-refractivity contribution in [2.45, 2.75) is 57.5 Å². The Hall–Kier alpha value is -2.59. The number of ketones is 1. The molecule has 1 atom stereocenters. The van der Waals surface area contributed by atoms with Crippen molar-refractivity contribution in [3.05, 3.63) is 29.8 Å². The second kappa shape index (κ2) is 13.1. The molecule has 10 heteroatoms. The molecule has 2 N–H and O–H groups in total. The zero-order valence-corrected chi connectivity index (χ0v) is 21.7. The van der Waals surface area contributed by atoms with Crippen LogP contribution in [0.25, 0.3) is 0 Å². The molecule has 36 heavy (non-hydrogen) atoms. The number of hydrogen-bond acceptors (Lipinski definition) is 7. The van der Waals surface area contributed by atoms with Gasteiger partial charge in [-0.3, -0.25) is 14.4 Å². The van der Waals surface area contributed by atoms with Gasteiger partial charge in [-0.25, -0.2) is 5.43 Å². The summed E-state index contributed by atoms with van der Waals surface area (Å²) < 4.78 is 10.7. The minimum atomic E-state index is -0.852. The van der Waals surface area contributed by atoms with E-state index < -0.39 is 17.7 Å². The lowest BCUT2D eigenvalue weighted by atomic mass is 9.85. The zero-order valence-electron chi connectivity index (χ0n) is 20.9.